The van der Waals surface area contributed by atoms with Gasteiger partial charge in [0.2, 0.25) is 0 Å². The van der Waals surface area contributed by atoms with E-state index in [2.05, 4.69) is 44.4 Å². The maximum Gasteiger partial charge on any atom is 0.0558 e. The molecule has 0 radical (unpaired) electrons. The number of hydrogen-bond donors (Lipinski definition) is 1. The molecule has 92 valence electrons. The van der Waals surface area contributed by atoms with E-state index in [1.54, 1.807) is 0 Å². The molecule has 0 aliphatic carbocycles. The van der Waals surface area contributed by atoms with Crippen molar-refractivity contribution in [3.8, 4) is 0 Å². The first kappa shape index (κ1) is 14.9. The highest BCUT2D eigenvalue weighted by Crippen LogP contribution is 2.01. The molecule has 0 atom stereocenters. The van der Waals surface area contributed by atoms with Crippen molar-refractivity contribution in [3.05, 3.63) is 0 Å². The Bertz CT molecular complexity index is 149. The second-order valence-corrected chi connectivity index (χ2v) is 4.58. The molecule has 0 fully saturated rings. The highest BCUT2D eigenvalue weighted by molar-refractivity contribution is 4.67. The van der Waals surface area contributed by atoms with Gasteiger partial charge in [-0.05, 0) is 34.2 Å². The van der Waals surface area contributed by atoms with Crippen molar-refractivity contribution in [1.29, 1.82) is 0 Å². The van der Waals surface area contributed by atoms with Crippen LogP contribution in [0.4, 0.5) is 0 Å². The summed E-state index contributed by atoms with van der Waals surface area (Å²) in [4.78, 5) is 4.78. The molecule has 0 spiro atoms. The van der Waals surface area contributed by atoms with Gasteiger partial charge in [-0.2, -0.15) is 0 Å². The van der Waals surface area contributed by atoms with Gasteiger partial charge >= 0.3 is 0 Å². The summed E-state index contributed by atoms with van der Waals surface area (Å²) in [5.74, 6) is 0. The van der Waals surface area contributed by atoms with Crippen LogP contribution in [0.15, 0.2) is 0 Å². The van der Waals surface area contributed by atoms with Crippen LogP contribution in [0, 0.1) is 0 Å². The minimum absolute atomic E-state index is 0.256. The van der Waals surface area contributed by atoms with Gasteiger partial charge in [-0.1, -0.05) is 6.92 Å². The molecule has 0 saturated heterocycles. The molecule has 0 aromatic rings. The average Bonchev–Trinajstić information content (AvgIpc) is 2.16. The number of nitrogens with zero attached hydrogens (tertiary/aromatic N) is 2. The van der Waals surface area contributed by atoms with E-state index < -0.39 is 0 Å². The Kier molecular flexibility index (Phi) is 8.02. The highest BCUT2D eigenvalue weighted by Gasteiger charge is 2.12. The van der Waals surface area contributed by atoms with E-state index in [-0.39, 0.29) is 6.61 Å². The summed E-state index contributed by atoms with van der Waals surface area (Å²) in [7, 11) is 0. The molecule has 0 unspecified atom stereocenters. The minimum atomic E-state index is 0.256. The monoisotopic (exact) mass is 216 g/mol. The van der Waals surface area contributed by atoms with Crippen molar-refractivity contribution in [2.45, 2.75) is 46.7 Å². The third-order valence-corrected chi connectivity index (χ3v) is 2.93. The first-order valence-electron chi connectivity index (χ1n) is 6.11. The molecule has 0 rings (SSSR count). The van der Waals surface area contributed by atoms with E-state index >= 15 is 0 Å². The van der Waals surface area contributed by atoms with Crippen molar-refractivity contribution in [2.75, 3.05) is 32.8 Å². The lowest BCUT2D eigenvalue weighted by atomic mass is 10.2. The summed E-state index contributed by atoms with van der Waals surface area (Å²) in [6.07, 6.45) is 0. The van der Waals surface area contributed by atoms with Crippen LogP contribution < -0.4 is 0 Å². The molecule has 0 amide bonds. The van der Waals surface area contributed by atoms with Gasteiger partial charge < -0.3 is 5.11 Å². The van der Waals surface area contributed by atoms with Crippen LogP contribution in [0.1, 0.15) is 34.6 Å². The highest BCUT2D eigenvalue weighted by atomic mass is 16.3. The van der Waals surface area contributed by atoms with Crippen LogP contribution in [-0.4, -0.2) is 59.8 Å². The Morgan fingerprint density at radius 3 is 1.67 bits per heavy atom. The van der Waals surface area contributed by atoms with Gasteiger partial charge in [-0.3, -0.25) is 9.80 Å². The summed E-state index contributed by atoms with van der Waals surface area (Å²) < 4.78 is 0. The second-order valence-electron chi connectivity index (χ2n) is 4.58. The topological polar surface area (TPSA) is 26.7 Å². The average molecular weight is 216 g/mol. The number of aliphatic hydroxyl groups is 1. The second kappa shape index (κ2) is 8.08. The maximum absolute atomic E-state index is 8.96. The predicted molar refractivity (Wildman–Crippen MR) is 66.2 cm³/mol. The van der Waals surface area contributed by atoms with Gasteiger partial charge in [-0.25, -0.2) is 0 Å². The van der Waals surface area contributed by atoms with E-state index in [1.807, 2.05) is 0 Å². The summed E-state index contributed by atoms with van der Waals surface area (Å²) >= 11 is 0. The molecule has 1 N–H and O–H groups in total. The fraction of sp³-hybridized carbons (Fsp3) is 1.00. The van der Waals surface area contributed by atoms with Gasteiger partial charge in [0.05, 0.1) is 6.61 Å². The van der Waals surface area contributed by atoms with Crippen LogP contribution in [0.25, 0.3) is 0 Å². The zero-order valence-corrected chi connectivity index (χ0v) is 11.0. The van der Waals surface area contributed by atoms with Crippen LogP contribution in [0.5, 0.6) is 0 Å². The lowest BCUT2D eigenvalue weighted by Crippen LogP contribution is -2.42. The standard InChI is InChI=1S/C12H28N2O/c1-6-13(11(2)3)7-8-14(9-10-15)12(4)5/h11-12,15H,6-10H2,1-5H3. The third kappa shape index (κ3) is 6.13. The summed E-state index contributed by atoms with van der Waals surface area (Å²) in [6.45, 7) is 15.3. The Morgan fingerprint density at radius 2 is 1.33 bits per heavy atom. The molecular formula is C12H28N2O. The van der Waals surface area contributed by atoms with E-state index in [0.29, 0.717) is 12.1 Å². The van der Waals surface area contributed by atoms with Gasteiger partial charge in [0.15, 0.2) is 0 Å². The summed E-state index contributed by atoms with van der Waals surface area (Å²) in [6, 6.07) is 1.13. The van der Waals surface area contributed by atoms with Crippen molar-refractivity contribution in [1.82, 2.24) is 9.80 Å². The first-order chi connectivity index (χ1) is 7.02. The first-order valence-corrected chi connectivity index (χ1v) is 6.11. The van der Waals surface area contributed by atoms with Crippen LogP contribution in [0.3, 0.4) is 0 Å². The van der Waals surface area contributed by atoms with Gasteiger partial charge in [-0.15, -0.1) is 0 Å². The number of rotatable bonds is 8. The molecule has 0 aliphatic heterocycles. The van der Waals surface area contributed by atoms with Gasteiger partial charge in [0, 0.05) is 31.7 Å². The quantitative estimate of drug-likeness (QED) is 0.665. The summed E-state index contributed by atoms with van der Waals surface area (Å²) in [5.41, 5.74) is 0. The molecule has 3 heteroatoms. The Hall–Kier alpha value is -0.120. The molecule has 3 nitrogen and oxygen atoms in total. The fourth-order valence-electron chi connectivity index (χ4n) is 1.79. The molecule has 0 saturated carbocycles. The normalized spacial score (nSPS) is 12.4. The van der Waals surface area contributed by atoms with Crippen molar-refractivity contribution < 1.29 is 5.11 Å². The number of hydrogen-bond acceptors (Lipinski definition) is 3. The van der Waals surface area contributed by atoms with E-state index in [9.17, 15) is 0 Å². The predicted octanol–water partition coefficient (Wildman–Crippen LogP) is 1.42. The van der Waals surface area contributed by atoms with E-state index in [4.69, 9.17) is 5.11 Å². The minimum Gasteiger partial charge on any atom is -0.395 e. The van der Waals surface area contributed by atoms with Crippen LogP contribution >= 0.6 is 0 Å². The van der Waals surface area contributed by atoms with Gasteiger partial charge in [0.25, 0.3) is 0 Å². The Balaban J connectivity index is 3.96. The largest absolute Gasteiger partial charge is 0.395 e. The van der Waals surface area contributed by atoms with Crippen molar-refractivity contribution in [3.63, 3.8) is 0 Å². The Morgan fingerprint density at radius 1 is 0.867 bits per heavy atom. The van der Waals surface area contributed by atoms with Crippen molar-refractivity contribution >= 4 is 0 Å². The lowest BCUT2D eigenvalue weighted by molar-refractivity contribution is 0.134. The molecular weight excluding hydrogens is 188 g/mol. The van der Waals surface area contributed by atoms with Crippen molar-refractivity contribution in [2.24, 2.45) is 0 Å². The van der Waals surface area contributed by atoms with Crippen LogP contribution in [0.2, 0.25) is 0 Å². The van der Waals surface area contributed by atoms with Gasteiger partial charge in [0.1, 0.15) is 0 Å². The lowest BCUT2D eigenvalue weighted by Gasteiger charge is -2.31. The molecule has 0 aliphatic rings. The molecule has 15 heavy (non-hydrogen) atoms. The SMILES string of the molecule is CCN(CCN(CCO)C(C)C)C(C)C. The number of aliphatic hydroxyl groups excluding tert-OH is 1. The third-order valence-electron chi connectivity index (χ3n) is 2.93. The molecule has 0 heterocycles. The van der Waals surface area contributed by atoms with E-state index in [1.165, 1.54) is 0 Å². The molecule has 0 bridgehead atoms. The Labute approximate surface area is 95.1 Å². The molecule has 0 aromatic carbocycles. The molecule has 0 aromatic heterocycles. The summed E-state index contributed by atoms with van der Waals surface area (Å²) in [5, 5.41) is 8.96. The van der Waals surface area contributed by atoms with Crippen LogP contribution in [-0.2, 0) is 0 Å². The fourth-order valence-corrected chi connectivity index (χ4v) is 1.79. The smallest absolute Gasteiger partial charge is 0.0558 e. The maximum atomic E-state index is 8.96. The zero-order chi connectivity index (χ0) is 11.8. The number of likely N-dealkylation sites (N-methyl/N-ethyl adjacent to an activating group) is 1. The van der Waals surface area contributed by atoms with E-state index in [0.717, 1.165) is 26.2 Å². The zero-order valence-electron chi connectivity index (χ0n) is 11.0.